The van der Waals surface area contributed by atoms with Crippen LogP contribution in [0.2, 0.25) is 5.02 Å². The van der Waals surface area contributed by atoms with Gasteiger partial charge in [-0.05, 0) is 87.3 Å². The normalized spacial score (nSPS) is 18.5. The van der Waals surface area contributed by atoms with Gasteiger partial charge in [0.1, 0.15) is 12.2 Å². The Morgan fingerprint density at radius 3 is 2.05 bits per heavy atom. The lowest BCUT2D eigenvalue weighted by molar-refractivity contribution is -0.122. The molecule has 1 N–H and O–H groups in total. The van der Waals surface area contributed by atoms with Gasteiger partial charge in [-0.2, -0.15) is 0 Å². The van der Waals surface area contributed by atoms with Gasteiger partial charge >= 0.3 is 6.03 Å². The zero-order valence-electron chi connectivity index (χ0n) is 30.7. The van der Waals surface area contributed by atoms with Crippen molar-refractivity contribution in [3.63, 3.8) is 0 Å². The van der Waals surface area contributed by atoms with Gasteiger partial charge in [-0.3, -0.25) is 14.9 Å². The second-order valence-electron chi connectivity index (χ2n) is 14.4. The van der Waals surface area contributed by atoms with Crippen molar-refractivity contribution in [2.24, 2.45) is 0 Å². The van der Waals surface area contributed by atoms with Crippen molar-refractivity contribution in [3.8, 4) is 11.5 Å². The van der Waals surface area contributed by atoms with Gasteiger partial charge in [0.2, 0.25) is 0 Å². The number of rotatable bonds is 8. The minimum Gasteiger partial charge on any atom is -0.493 e. The van der Waals surface area contributed by atoms with Crippen LogP contribution in [0.3, 0.4) is 0 Å². The number of methoxy groups -OCH3 is 1. The van der Waals surface area contributed by atoms with Crippen LogP contribution >= 0.6 is 11.6 Å². The molecule has 6 aromatic carbocycles. The Hall–Kier alpha value is -6.38. The molecule has 56 heavy (non-hydrogen) atoms. The van der Waals surface area contributed by atoms with Crippen LogP contribution in [0, 0.1) is 0 Å². The van der Waals surface area contributed by atoms with E-state index in [-0.39, 0.29) is 29.0 Å². The molecule has 0 unspecified atom stereocenters. The molecule has 0 radical (unpaired) electrons. The van der Waals surface area contributed by atoms with Crippen molar-refractivity contribution >= 4 is 57.7 Å². The summed E-state index contributed by atoms with van der Waals surface area (Å²) in [6, 6.07) is 41.2. The molecule has 2 atom stereocenters. The largest absolute Gasteiger partial charge is 0.493 e. The molecule has 4 amide bonds. The smallest absolute Gasteiger partial charge is 0.335 e. The molecule has 3 heterocycles. The summed E-state index contributed by atoms with van der Waals surface area (Å²) in [5, 5.41) is 4.83. The molecule has 8 nitrogen and oxygen atoms in total. The number of anilines is 2. The predicted octanol–water partition coefficient (Wildman–Crippen LogP) is 9.62. The first-order valence-corrected chi connectivity index (χ1v) is 19.2. The van der Waals surface area contributed by atoms with E-state index in [1.54, 1.807) is 12.1 Å². The lowest BCUT2D eigenvalue weighted by atomic mass is 9.76. The van der Waals surface area contributed by atoms with Gasteiger partial charge < -0.3 is 14.4 Å². The molecule has 0 saturated carbocycles. The predicted molar refractivity (Wildman–Crippen MR) is 220 cm³/mol. The summed E-state index contributed by atoms with van der Waals surface area (Å²) < 4.78 is 11.9. The Labute approximate surface area is 329 Å². The number of imide groups is 2. The molecule has 0 bridgehead atoms. The van der Waals surface area contributed by atoms with Crippen LogP contribution in [-0.4, -0.2) is 38.0 Å². The molecule has 0 aromatic heterocycles. The standard InChI is InChI=1S/C47H38ClN3O5/c1-55-42-25-29(24-41(48)44(42)56-28-33-17-10-16-30-15-8-9-18-35(30)33)23-40-45(52)49-47(54)51(46(40)53)34-26-38-36(31-11-4-2-5-12-31)19-21-50-22-20-37(39(27-34)43(38)50)32-13-6-3-7-14-32/h2-18,23-27,36-37H,19-22,28H2,1H3,(H,49,52,54)/b40-23+/t36-,37-/m1/s1. The number of fused-ring (bicyclic) bond motifs is 1. The lowest BCUT2D eigenvalue weighted by Gasteiger charge is -2.44. The van der Waals surface area contributed by atoms with Crippen molar-refractivity contribution in [3.05, 3.63) is 171 Å². The summed E-state index contributed by atoms with van der Waals surface area (Å²) in [7, 11) is 1.50. The quantitative estimate of drug-likeness (QED) is 0.123. The molecule has 0 spiro atoms. The van der Waals surface area contributed by atoms with Crippen LogP contribution in [0.25, 0.3) is 16.8 Å². The third-order valence-electron chi connectivity index (χ3n) is 11.2. The molecule has 6 aromatic rings. The zero-order valence-corrected chi connectivity index (χ0v) is 31.5. The summed E-state index contributed by atoms with van der Waals surface area (Å²) in [5.41, 5.74) is 7.26. The van der Waals surface area contributed by atoms with Crippen molar-refractivity contribution in [1.82, 2.24) is 5.32 Å². The first-order valence-electron chi connectivity index (χ1n) is 18.8. The third kappa shape index (κ3) is 6.35. The van der Waals surface area contributed by atoms with Gasteiger partial charge in [-0.15, -0.1) is 0 Å². The van der Waals surface area contributed by atoms with Crippen LogP contribution in [0.15, 0.2) is 133 Å². The molecule has 1 saturated heterocycles. The van der Waals surface area contributed by atoms with E-state index in [9.17, 15) is 14.4 Å². The van der Waals surface area contributed by atoms with Gasteiger partial charge in [0, 0.05) is 30.6 Å². The molecule has 3 aliphatic rings. The topological polar surface area (TPSA) is 88.2 Å². The van der Waals surface area contributed by atoms with Gasteiger partial charge in [0.05, 0.1) is 17.8 Å². The Morgan fingerprint density at radius 2 is 1.39 bits per heavy atom. The van der Waals surface area contributed by atoms with Crippen molar-refractivity contribution in [2.75, 3.05) is 30.0 Å². The van der Waals surface area contributed by atoms with Crippen LogP contribution < -0.4 is 24.6 Å². The average Bonchev–Trinajstić information content (AvgIpc) is 3.22. The fraction of sp³-hybridized carbons (Fsp3) is 0.170. The van der Waals surface area contributed by atoms with E-state index in [1.165, 1.54) is 24.3 Å². The van der Waals surface area contributed by atoms with Crippen LogP contribution in [0.4, 0.5) is 16.2 Å². The number of ether oxygens (including phenoxy) is 2. The summed E-state index contributed by atoms with van der Waals surface area (Å²) in [6.07, 6.45) is 3.22. The van der Waals surface area contributed by atoms with Crippen LogP contribution in [0.1, 0.15) is 58.1 Å². The number of nitrogens with one attached hydrogen (secondary N) is 1. The maximum absolute atomic E-state index is 14.4. The first-order chi connectivity index (χ1) is 27.4. The highest BCUT2D eigenvalue weighted by Crippen LogP contribution is 2.50. The van der Waals surface area contributed by atoms with Crippen molar-refractivity contribution in [1.29, 1.82) is 0 Å². The Bertz CT molecular complexity index is 2480. The number of hydrogen-bond acceptors (Lipinski definition) is 6. The van der Waals surface area contributed by atoms with E-state index in [1.807, 2.05) is 91.0 Å². The number of amides is 4. The Kier molecular flexibility index (Phi) is 9.27. The van der Waals surface area contributed by atoms with E-state index >= 15 is 0 Å². The number of carbonyl (C=O) groups is 3. The first kappa shape index (κ1) is 35.3. The van der Waals surface area contributed by atoms with Gasteiger partial charge in [-0.25, -0.2) is 9.69 Å². The molecule has 1 fully saturated rings. The third-order valence-corrected chi connectivity index (χ3v) is 11.5. The van der Waals surface area contributed by atoms with E-state index in [4.69, 9.17) is 21.1 Å². The number of halogens is 1. The van der Waals surface area contributed by atoms with Gasteiger partial charge in [0.25, 0.3) is 11.8 Å². The van der Waals surface area contributed by atoms with E-state index in [2.05, 4.69) is 34.5 Å². The maximum atomic E-state index is 14.4. The monoisotopic (exact) mass is 759 g/mol. The molecule has 3 aliphatic heterocycles. The number of carbonyl (C=O) groups excluding carboxylic acids is 3. The van der Waals surface area contributed by atoms with Crippen LogP contribution in [0.5, 0.6) is 11.5 Å². The molecule has 9 heteroatoms. The second-order valence-corrected chi connectivity index (χ2v) is 14.8. The number of benzene rings is 6. The highest BCUT2D eigenvalue weighted by molar-refractivity contribution is 6.39. The Morgan fingerprint density at radius 1 is 0.768 bits per heavy atom. The number of urea groups is 1. The second kappa shape index (κ2) is 14.7. The summed E-state index contributed by atoms with van der Waals surface area (Å²) in [4.78, 5) is 45.1. The summed E-state index contributed by atoms with van der Waals surface area (Å²) in [6.45, 7) is 2.06. The molecule has 278 valence electrons. The highest BCUT2D eigenvalue weighted by atomic mass is 35.5. The SMILES string of the molecule is COc1cc(/C=C2\C(=O)NC(=O)N(c3cc4c5c(c3)[C@@H](c3ccccc3)CCN5CC[C@@H]4c3ccccc3)C2=O)cc(Cl)c1OCc1cccc2ccccc12. The highest BCUT2D eigenvalue weighted by Gasteiger charge is 2.40. The van der Waals surface area contributed by atoms with Crippen molar-refractivity contribution in [2.45, 2.75) is 31.3 Å². The Balaban J connectivity index is 1.09. The summed E-state index contributed by atoms with van der Waals surface area (Å²) >= 11 is 6.79. The molecular weight excluding hydrogens is 722 g/mol. The number of nitrogens with zero attached hydrogens (tertiary/aromatic N) is 2. The lowest BCUT2D eigenvalue weighted by Crippen LogP contribution is -2.54. The molecule has 0 aliphatic carbocycles. The maximum Gasteiger partial charge on any atom is 0.335 e. The summed E-state index contributed by atoms with van der Waals surface area (Å²) in [5.74, 6) is -0.736. The van der Waals surface area contributed by atoms with Gasteiger partial charge in [-0.1, -0.05) is 115 Å². The van der Waals surface area contributed by atoms with E-state index < -0.39 is 17.8 Å². The minimum absolute atomic E-state index is 0.0613. The van der Waals surface area contributed by atoms with E-state index in [0.717, 1.165) is 64.0 Å². The molecular formula is C47H38ClN3O5. The van der Waals surface area contributed by atoms with E-state index in [0.29, 0.717) is 22.7 Å². The van der Waals surface area contributed by atoms with Crippen LogP contribution in [-0.2, 0) is 16.2 Å². The average molecular weight is 760 g/mol. The number of barbiturate groups is 1. The fourth-order valence-electron chi connectivity index (χ4n) is 8.56. The minimum atomic E-state index is -0.798. The number of hydrogen-bond donors (Lipinski definition) is 1. The molecule has 9 rings (SSSR count). The fourth-order valence-corrected chi connectivity index (χ4v) is 8.83. The van der Waals surface area contributed by atoms with Crippen molar-refractivity contribution < 1.29 is 23.9 Å². The van der Waals surface area contributed by atoms with Gasteiger partial charge in [0.15, 0.2) is 11.5 Å². The zero-order chi connectivity index (χ0) is 38.3.